The number of benzene rings is 1. The molecule has 1 heterocycles. The summed E-state index contributed by atoms with van der Waals surface area (Å²) in [5, 5.41) is 3.05. The first-order valence-corrected chi connectivity index (χ1v) is 12.2. The maximum atomic E-state index is 13.1. The highest BCUT2D eigenvalue weighted by molar-refractivity contribution is 5.97. The molecule has 2 unspecified atom stereocenters. The number of rotatable bonds is 13. The van der Waals surface area contributed by atoms with Crippen LogP contribution in [0.3, 0.4) is 0 Å². The van der Waals surface area contributed by atoms with Crippen LogP contribution in [0, 0.1) is 0 Å². The highest BCUT2D eigenvalue weighted by Crippen LogP contribution is 2.22. The first-order chi connectivity index (χ1) is 15.9. The summed E-state index contributed by atoms with van der Waals surface area (Å²) >= 11 is 0. The third-order valence-corrected chi connectivity index (χ3v) is 6.25. The van der Waals surface area contributed by atoms with E-state index in [1.807, 2.05) is 4.90 Å². The molecule has 2 amide bonds. The highest BCUT2D eigenvalue weighted by atomic mass is 16.5. The van der Waals surface area contributed by atoms with Crippen molar-refractivity contribution in [1.82, 2.24) is 15.1 Å². The number of nitrogens with two attached hydrogens (primary N) is 1. The molecular formula is C25H42N4O4. The van der Waals surface area contributed by atoms with Crippen LogP contribution in [0.1, 0.15) is 62.7 Å². The minimum atomic E-state index is -0.305. The summed E-state index contributed by atoms with van der Waals surface area (Å²) in [6.45, 7) is 7.94. The van der Waals surface area contributed by atoms with Gasteiger partial charge in [-0.25, -0.2) is 0 Å². The molecule has 0 spiro atoms. The number of methoxy groups -OCH3 is 2. The molecule has 0 aromatic heterocycles. The maximum absolute atomic E-state index is 13.1. The van der Waals surface area contributed by atoms with Crippen molar-refractivity contribution < 1.29 is 19.1 Å². The molecule has 0 bridgehead atoms. The zero-order valence-corrected chi connectivity index (χ0v) is 20.8. The van der Waals surface area contributed by atoms with Crippen molar-refractivity contribution >= 4 is 17.5 Å². The molecule has 186 valence electrons. The largest absolute Gasteiger partial charge is 0.496 e. The van der Waals surface area contributed by atoms with Gasteiger partial charge in [-0.1, -0.05) is 20.3 Å². The molecule has 8 nitrogen and oxygen atoms in total. The Morgan fingerprint density at radius 2 is 1.79 bits per heavy atom. The summed E-state index contributed by atoms with van der Waals surface area (Å²) in [5.74, 6) is 0.322. The molecule has 33 heavy (non-hydrogen) atoms. The average Bonchev–Trinajstić information content (AvgIpc) is 2.83. The predicted molar refractivity (Wildman–Crippen MR) is 132 cm³/mol. The lowest BCUT2D eigenvalue weighted by Crippen LogP contribution is -2.54. The van der Waals surface area contributed by atoms with E-state index in [1.165, 1.54) is 13.5 Å². The molecule has 1 aromatic carbocycles. The van der Waals surface area contributed by atoms with Gasteiger partial charge < -0.3 is 25.4 Å². The number of nitrogens with one attached hydrogen (secondary N) is 1. The molecule has 0 radical (unpaired) electrons. The van der Waals surface area contributed by atoms with Crippen LogP contribution < -0.4 is 15.8 Å². The minimum Gasteiger partial charge on any atom is -0.496 e. The molecule has 2 rings (SSSR count). The van der Waals surface area contributed by atoms with Gasteiger partial charge in [-0.2, -0.15) is 0 Å². The SMILES string of the molecule is CCCN(CCC)C(=O)CC(OC)C(CNC(=O)c1ccc(N)cc1OC)N1CCCCC1. The molecule has 1 saturated heterocycles. The number of ether oxygens (including phenoxy) is 2. The Bertz CT molecular complexity index is 746. The quantitative estimate of drug-likeness (QED) is 0.438. The summed E-state index contributed by atoms with van der Waals surface area (Å²) in [6.07, 6.45) is 5.28. The highest BCUT2D eigenvalue weighted by Gasteiger charge is 2.32. The fraction of sp³-hybridized carbons (Fsp3) is 0.680. The maximum Gasteiger partial charge on any atom is 0.255 e. The van der Waals surface area contributed by atoms with Gasteiger partial charge in [-0.05, 0) is 50.9 Å². The van der Waals surface area contributed by atoms with Gasteiger partial charge in [-0.3, -0.25) is 14.5 Å². The normalized spacial score (nSPS) is 16.1. The lowest BCUT2D eigenvalue weighted by Gasteiger charge is -2.39. The molecule has 1 aliphatic rings. The van der Waals surface area contributed by atoms with E-state index in [1.54, 1.807) is 25.3 Å². The molecule has 8 heteroatoms. The second-order valence-electron chi connectivity index (χ2n) is 8.69. The van der Waals surface area contributed by atoms with Gasteiger partial charge in [0, 0.05) is 38.5 Å². The van der Waals surface area contributed by atoms with Crippen molar-refractivity contribution in [2.75, 3.05) is 52.7 Å². The predicted octanol–water partition coefficient (Wildman–Crippen LogP) is 2.92. The van der Waals surface area contributed by atoms with Gasteiger partial charge in [-0.15, -0.1) is 0 Å². The Hall–Kier alpha value is -2.32. The second-order valence-corrected chi connectivity index (χ2v) is 8.69. The van der Waals surface area contributed by atoms with Crippen molar-refractivity contribution in [3.05, 3.63) is 23.8 Å². The van der Waals surface area contributed by atoms with Gasteiger partial charge in [0.15, 0.2) is 0 Å². The Morgan fingerprint density at radius 3 is 2.36 bits per heavy atom. The van der Waals surface area contributed by atoms with E-state index in [4.69, 9.17) is 15.2 Å². The fourth-order valence-electron chi connectivity index (χ4n) is 4.51. The Labute approximate surface area is 198 Å². The van der Waals surface area contributed by atoms with E-state index in [-0.39, 0.29) is 24.0 Å². The topological polar surface area (TPSA) is 97.1 Å². The van der Waals surface area contributed by atoms with Crippen molar-refractivity contribution in [2.24, 2.45) is 0 Å². The Kier molecular flexibility index (Phi) is 11.5. The van der Waals surface area contributed by atoms with Crippen LogP contribution in [-0.4, -0.2) is 80.7 Å². The number of nitrogens with zero attached hydrogens (tertiary/aromatic N) is 2. The lowest BCUT2D eigenvalue weighted by atomic mass is 10.0. The standard InChI is InChI=1S/C25H42N4O4/c1-5-12-29(13-6-2)24(30)17-23(33-4)21(28-14-8-7-9-15-28)18-27-25(31)20-11-10-19(26)16-22(20)32-3/h10-11,16,21,23H,5-9,12-15,17-18,26H2,1-4H3,(H,27,31). The zero-order chi connectivity index (χ0) is 24.2. The summed E-state index contributed by atoms with van der Waals surface area (Å²) in [6, 6.07) is 4.91. The summed E-state index contributed by atoms with van der Waals surface area (Å²) in [4.78, 5) is 30.3. The fourth-order valence-corrected chi connectivity index (χ4v) is 4.51. The van der Waals surface area contributed by atoms with Crippen molar-refractivity contribution in [2.45, 2.75) is 64.5 Å². The van der Waals surface area contributed by atoms with Crippen LogP contribution in [0.25, 0.3) is 0 Å². The molecule has 2 atom stereocenters. The lowest BCUT2D eigenvalue weighted by molar-refractivity contribution is -0.135. The number of hydrogen-bond donors (Lipinski definition) is 2. The van der Waals surface area contributed by atoms with E-state index in [9.17, 15) is 9.59 Å². The van der Waals surface area contributed by atoms with E-state index in [0.717, 1.165) is 51.9 Å². The summed E-state index contributed by atoms with van der Waals surface area (Å²) in [5.41, 5.74) is 6.80. The van der Waals surface area contributed by atoms with Crippen LogP contribution in [0.5, 0.6) is 5.75 Å². The smallest absolute Gasteiger partial charge is 0.255 e. The van der Waals surface area contributed by atoms with Gasteiger partial charge in [0.2, 0.25) is 5.91 Å². The van der Waals surface area contributed by atoms with Crippen LogP contribution in [0.2, 0.25) is 0 Å². The van der Waals surface area contributed by atoms with E-state index >= 15 is 0 Å². The van der Waals surface area contributed by atoms with Crippen LogP contribution in [-0.2, 0) is 9.53 Å². The molecule has 0 aliphatic carbocycles. The minimum absolute atomic E-state index is 0.0897. The first-order valence-electron chi connectivity index (χ1n) is 12.2. The number of amides is 2. The molecule has 1 aromatic rings. The first kappa shape index (κ1) is 26.9. The Balaban J connectivity index is 2.15. The van der Waals surface area contributed by atoms with Crippen LogP contribution >= 0.6 is 0 Å². The number of piperidine rings is 1. The van der Waals surface area contributed by atoms with Crippen LogP contribution in [0.15, 0.2) is 18.2 Å². The average molecular weight is 463 g/mol. The number of hydrogen-bond acceptors (Lipinski definition) is 6. The van der Waals surface area contributed by atoms with E-state index in [2.05, 4.69) is 24.1 Å². The molecule has 0 saturated carbocycles. The summed E-state index contributed by atoms with van der Waals surface area (Å²) in [7, 11) is 3.18. The second kappa shape index (κ2) is 14.1. The molecular weight excluding hydrogens is 420 g/mol. The molecule has 1 aliphatic heterocycles. The van der Waals surface area contributed by atoms with Gasteiger partial charge in [0.05, 0.1) is 31.2 Å². The number of carbonyl (C=O) groups excluding carboxylic acids is 2. The summed E-state index contributed by atoms with van der Waals surface area (Å²) < 4.78 is 11.2. The number of anilines is 1. The number of nitrogen functional groups attached to an aromatic ring is 1. The zero-order valence-electron chi connectivity index (χ0n) is 20.8. The number of carbonyl (C=O) groups is 2. The Morgan fingerprint density at radius 1 is 1.12 bits per heavy atom. The van der Waals surface area contributed by atoms with Crippen molar-refractivity contribution in [3.63, 3.8) is 0 Å². The molecule has 3 N–H and O–H groups in total. The van der Waals surface area contributed by atoms with Gasteiger partial charge >= 0.3 is 0 Å². The third-order valence-electron chi connectivity index (χ3n) is 6.25. The van der Waals surface area contributed by atoms with Gasteiger partial charge in [0.1, 0.15) is 5.75 Å². The van der Waals surface area contributed by atoms with E-state index < -0.39 is 0 Å². The van der Waals surface area contributed by atoms with Gasteiger partial charge in [0.25, 0.3) is 5.91 Å². The van der Waals surface area contributed by atoms with Crippen LogP contribution in [0.4, 0.5) is 5.69 Å². The third kappa shape index (κ3) is 7.89. The van der Waals surface area contributed by atoms with Crippen molar-refractivity contribution in [1.29, 1.82) is 0 Å². The monoisotopic (exact) mass is 462 g/mol. The molecule has 1 fully saturated rings. The van der Waals surface area contributed by atoms with Crippen molar-refractivity contribution in [3.8, 4) is 5.75 Å². The number of likely N-dealkylation sites (tertiary alicyclic amines) is 1. The van der Waals surface area contributed by atoms with E-state index in [0.29, 0.717) is 30.0 Å².